The number of hydrogen-bond acceptors (Lipinski definition) is 5. The van der Waals surface area contributed by atoms with Crippen molar-refractivity contribution in [3.05, 3.63) is 30.7 Å². The van der Waals surface area contributed by atoms with Crippen LogP contribution >= 0.6 is 0 Å². The summed E-state index contributed by atoms with van der Waals surface area (Å²) in [6.45, 7) is 1.69. The SMILES string of the molecule is C[C@H](C#N)Oc1ccc(-c2nnco2)cc1. The number of rotatable bonds is 3. The van der Waals surface area contributed by atoms with Gasteiger partial charge in [-0.15, -0.1) is 10.2 Å². The van der Waals surface area contributed by atoms with Crippen molar-refractivity contribution in [2.75, 3.05) is 0 Å². The second-order valence-corrected chi connectivity index (χ2v) is 3.16. The molecule has 0 bridgehead atoms. The fourth-order valence-corrected chi connectivity index (χ4v) is 1.21. The van der Waals surface area contributed by atoms with Gasteiger partial charge in [-0.25, -0.2) is 0 Å². The lowest BCUT2D eigenvalue weighted by Gasteiger charge is -2.07. The molecule has 0 saturated heterocycles. The monoisotopic (exact) mass is 215 g/mol. The molecule has 5 heteroatoms. The largest absolute Gasteiger partial charge is 0.476 e. The predicted octanol–water partition coefficient (Wildman–Crippen LogP) is 2.03. The summed E-state index contributed by atoms with van der Waals surface area (Å²) in [5.41, 5.74) is 0.814. The summed E-state index contributed by atoms with van der Waals surface area (Å²) in [6.07, 6.45) is 0.812. The molecule has 5 nitrogen and oxygen atoms in total. The smallest absolute Gasteiger partial charge is 0.247 e. The van der Waals surface area contributed by atoms with E-state index < -0.39 is 6.10 Å². The third-order valence-corrected chi connectivity index (χ3v) is 1.96. The van der Waals surface area contributed by atoms with Gasteiger partial charge in [-0.2, -0.15) is 5.26 Å². The Kier molecular flexibility index (Phi) is 2.83. The van der Waals surface area contributed by atoms with Gasteiger partial charge in [0, 0.05) is 5.56 Å². The van der Waals surface area contributed by atoms with Crippen LogP contribution in [0.15, 0.2) is 35.1 Å². The predicted molar refractivity (Wildman–Crippen MR) is 55.4 cm³/mol. The zero-order valence-electron chi connectivity index (χ0n) is 8.62. The normalized spacial score (nSPS) is 11.8. The van der Waals surface area contributed by atoms with Gasteiger partial charge in [0.15, 0.2) is 6.10 Å². The number of nitriles is 1. The van der Waals surface area contributed by atoms with Crippen LogP contribution in [0.3, 0.4) is 0 Å². The van der Waals surface area contributed by atoms with Crippen LogP contribution in [0.4, 0.5) is 0 Å². The van der Waals surface area contributed by atoms with Crippen LogP contribution < -0.4 is 4.74 Å². The van der Waals surface area contributed by atoms with Crippen molar-refractivity contribution in [3.63, 3.8) is 0 Å². The zero-order chi connectivity index (χ0) is 11.4. The fraction of sp³-hybridized carbons (Fsp3) is 0.182. The van der Waals surface area contributed by atoms with Gasteiger partial charge in [0.1, 0.15) is 11.8 Å². The first kappa shape index (κ1) is 10.2. The first-order valence-corrected chi connectivity index (χ1v) is 4.72. The summed E-state index contributed by atoms with van der Waals surface area (Å²) in [6, 6.07) is 9.10. The number of aromatic nitrogens is 2. The highest BCUT2D eigenvalue weighted by Crippen LogP contribution is 2.20. The van der Waals surface area contributed by atoms with Gasteiger partial charge in [-0.1, -0.05) is 0 Å². The molecule has 0 radical (unpaired) electrons. The van der Waals surface area contributed by atoms with Gasteiger partial charge in [0.05, 0.1) is 0 Å². The first-order chi connectivity index (χ1) is 7.79. The Morgan fingerprint density at radius 1 is 1.38 bits per heavy atom. The first-order valence-electron chi connectivity index (χ1n) is 4.72. The zero-order valence-corrected chi connectivity index (χ0v) is 8.62. The van der Waals surface area contributed by atoms with Crippen molar-refractivity contribution >= 4 is 0 Å². The molecule has 0 spiro atoms. The second kappa shape index (κ2) is 4.45. The molecule has 16 heavy (non-hydrogen) atoms. The Labute approximate surface area is 92.3 Å². The molecule has 0 N–H and O–H groups in total. The van der Waals surface area contributed by atoms with Gasteiger partial charge in [-0.3, -0.25) is 0 Å². The third kappa shape index (κ3) is 2.17. The molecule has 80 valence electrons. The summed E-state index contributed by atoms with van der Waals surface area (Å²) < 4.78 is 10.4. The van der Waals surface area contributed by atoms with E-state index >= 15 is 0 Å². The van der Waals surface area contributed by atoms with Crippen LogP contribution in [0, 0.1) is 11.3 Å². The summed E-state index contributed by atoms with van der Waals surface area (Å²) in [4.78, 5) is 0. The molecule has 1 aromatic carbocycles. The van der Waals surface area contributed by atoms with Gasteiger partial charge in [0.2, 0.25) is 12.3 Å². The highest BCUT2D eigenvalue weighted by atomic mass is 16.5. The number of hydrogen-bond donors (Lipinski definition) is 0. The third-order valence-electron chi connectivity index (χ3n) is 1.96. The average Bonchev–Trinajstić information content (AvgIpc) is 2.83. The van der Waals surface area contributed by atoms with Crippen molar-refractivity contribution in [1.29, 1.82) is 5.26 Å². The minimum atomic E-state index is -0.464. The van der Waals surface area contributed by atoms with Crippen LogP contribution in [-0.4, -0.2) is 16.3 Å². The van der Waals surface area contributed by atoms with E-state index in [9.17, 15) is 0 Å². The van der Waals surface area contributed by atoms with E-state index in [2.05, 4.69) is 10.2 Å². The molecular formula is C11H9N3O2. The summed E-state index contributed by atoms with van der Waals surface area (Å²) in [5.74, 6) is 1.09. The Hall–Kier alpha value is -2.35. The number of benzene rings is 1. The maximum Gasteiger partial charge on any atom is 0.247 e. The lowest BCUT2D eigenvalue weighted by atomic mass is 10.2. The minimum Gasteiger partial charge on any atom is -0.476 e. The topological polar surface area (TPSA) is 71.9 Å². The van der Waals surface area contributed by atoms with Gasteiger partial charge in [-0.05, 0) is 31.2 Å². The molecule has 0 fully saturated rings. The van der Waals surface area contributed by atoms with Crippen molar-refractivity contribution in [2.45, 2.75) is 13.0 Å². The Morgan fingerprint density at radius 3 is 2.69 bits per heavy atom. The van der Waals surface area contributed by atoms with Gasteiger partial charge >= 0.3 is 0 Å². The Balaban J connectivity index is 2.14. The van der Waals surface area contributed by atoms with Crippen molar-refractivity contribution in [1.82, 2.24) is 10.2 Å². The maximum absolute atomic E-state index is 8.59. The molecule has 1 heterocycles. The van der Waals surface area contributed by atoms with E-state index in [0.29, 0.717) is 11.6 Å². The van der Waals surface area contributed by atoms with Crippen molar-refractivity contribution < 1.29 is 9.15 Å². The van der Waals surface area contributed by atoms with Crippen LogP contribution in [0.2, 0.25) is 0 Å². The minimum absolute atomic E-state index is 0.458. The number of nitrogens with zero attached hydrogens (tertiary/aromatic N) is 3. The molecule has 2 aromatic rings. The molecule has 0 unspecified atom stereocenters. The van der Waals surface area contributed by atoms with Gasteiger partial charge < -0.3 is 9.15 Å². The summed E-state index contributed by atoms with van der Waals surface area (Å²) in [5, 5.41) is 16.0. The molecule has 0 aliphatic heterocycles. The molecule has 1 atom stereocenters. The van der Waals surface area contributed by atoms with Crippen LogP contribution in [0.5, 0.6) is 5.75 Å². The van der Waals surface area contributed by atoms with E-state index in [0.717, 1.165) is 5.56 Å². The Morgan fingerprint density at radius 2 is 2.12 bits per heavy atom. The highest BCUT2D eigenvalue weighted by Gasteiger charge is 2.05. The molecular weight excluding hydrogens is 206 g/mol. The molecule has 0 aliphatic carbocycles. The van der Waals surface area contributed by atoms with E-state index in [1.807, 2.05) is 6.07 Å². The number of ether oxygens (including phenoxy) is 1. The highest BCUT2D eigenvalue weighted by molar-refractivity contribution is 5.53. The Bertz CT molecular complexity index is 485. The molecule has 2 rings (SSSR count). The lowest BCUT2D eigenvalue weighted by Crippen LogP contribution is -2.07. The quantitative estimate of drug-likeness (QED) is 0.783. The standard InChI is InChI=1S/C11H9N3O2/c1-8(6-12)16-10-4-2-9(3-5-10)11-14-13-7-15-11/h2-5,7-8H,1H3/t8-/m1/s1. The van der Waals surface area contributed by atoms with Crippen molar-refractivity contribution in [2.24, 2.45) is 0 Å². The summed E-state index contributed by atoms with van der Waals surface area (Å²) >= 11 is 0. The molecule has 1 aromatic heterocycles. The second-order valence-electron chi connectivity index (χ2n) is 3.16. The maximum atomic E-state index is 8.59. The molecule has 0 saturated carbocycles. The average molecular weight is 215 g/mol. The molecule has 0 amide bonds. The summed E-state index contributed by atoms with van der Waals surface area (Å²) in [7, 11) is 0. The van der Waals surface area contributed by atoms with Crippen LogP contribution in [0.1, 0.15) is 6.92 Å². The van der Waals surface area contributed by atoms with E-state index in [1.165, 1.54) is 6.39 Å². The van der Waals surface area contributed by atoms with E-state index in [1.54, 1.807) is 31.2 Å². The fourth-order valence-electron chi connectivity index (χ4n) is 1.21. The van der Waals surface area contributed by atoms with E-state index in [-0.39, 0.29) is 0 Å². The van der Waals surface area contributed by atoms with Crippen LogP contribution in [-0.2, 0) is 0 Å². The van der Waals surface area contributed by atoms with Crippen LogP contribution in [0.25, 0.3) is 11.5 Å². The van der Waals surface area contributed by atoms with E-state index in [4.69, 9.17) is 14.4 Å². The molecule has 0 aliphatic rings. The van der Waals surface area contributed by atoms with Gasteiger partial charge in [0.25, 0.3) is 0 Å². The lowest BCUT2D eigenvalue weighted by molar-refractivity contribution is 0.276. The van der Waals surface area contributed by atoms with Crippen molar-refractivity contribution in [3.8, 4) is 23.3 Å².